The van der Waals surface area contributed by atoms with Gasteiger partial charge in [-0.2, -0.15) is 5.10 Å². The summed E-state index contributed by atoms with van der Waals surface area (Å²) in [6, 6.07) is 0. The van der Waals surface area contributed by atoms with E-state index in [-0.39, 0.29) is 5.75 Å². The van der Waals surface area contributed by atoms with Gasteiger partial charge in [0.15, 0.2) is 0 Å². The molecule has 1 heterocycles. The number of halogens is 1. The first-order chi connectivity index (χ1) is 5.38. The highest BCUT2D eigenvalue weighted by Gasteiger charge is 2.12. The molecule has 0 aromatic carbocycles. The fourth-order valence-electron chi connectivity index (χ4n) is 0.836. The summed E-state index contributed by atoms with van der Waals surface area (Å²) >= 11 is 0. The van der Waals surface area contributed by atoms with E-state index in [1.165, 1.54) is 4.68 Å². The minimum absolute atomic E-state index is 0.286. The van der Waals surface area contributed by atoms with Crippen molar-refractivity contribution in [2.24, 2.45) is 7.05 Å². The van der Waals surface area contributed by atoms with E-state index < -0.39 is 9.05 Å². The Hall–Kier alpha value is -0.620. The van der Waals surface area contributed by atoms with Gasteiger partial charge in [-0.25, -0.2) is 13.4 Å². The number of hydrogen-bond acceptors (Lipinski definition) is 4. The minimum Gasteiger partial charge on any atom is -0.252 e. The van der Waals surface area contributed by atoms with E-state index in [0.29, 0.717) is 11.6 Å². The molecule has 1 rings (SSSR count). The second kappa shape index (κ2) is 3.02. The monoisotopic (exact) mass is 209 g/mol. The first kappa shape index (κ1) is 9.47. The van der Waals surface area contributed by atoms with Crippen LogP contribution in [0.3, 0.4) is 0 Å². The smallest absolute Gasteiger partial charge is 0.239 e. The van der Waals surface area contributed by atoms with Gasteiger partial charge in [-0.3, -0.25) is 4.68 Å². The van der Waals surface area contributed by atoms with Crippen LogP contribution in [0.2, 0.25) is 0 Å². The first-order valence-electron chi connectivity index (χ1n) is 3.17. The summed E-state index contributed by atoms with van der Waals surface area (Å²) in [4.78, 5) is 3.88. The van der Waals surface area contributed by atoms with E-state index in [4.69, 9.17) is 10.7 Å². The van der Waals surface area contributed by atoms with Crippen LogP contribution in [0.5, 0.6) is 0 Å². The molecule has 0 radical (unpaired) electrons. The SMILES string of the molecule is Cc1nc(CS(=O)(=O)Cl)n(C)n1. The van der Waals surface area contributed by atoms with E-state index in [0.717, 1.165) is 0 Å². The zero-order valence-corrected chi connectivity index (χ0v) is 8.22. The molecule has 0 N–H and O–H groups in total. The Balaban J connectivity index is 2.97. The molecule has 12 heavy (non-hydrogen) atoms. The van der Waals surface area contributed by atoms with Crippen molar-refractivity contribution < 1.29 is 8.42 Å². The van der Waals surface area contributed by atoms with E-state index in [9.17, 15) is 8.42 Å². The fourth-order valence-corrected chi connectivity index (χ4v) is 1.69. The van der Waals surface area contributed by atoms with E-state index in [2.05, 4.69) is 10.1 Å². The predicted octanol–water partition coefficient (Wildman–Crippen LogP) is 0.192. The summed E-state index contributed by atoms with van der Waals surface area (Å²) in [5.74, 6) is 0.599. The van der Waals surface area contributed by atoms with Crippen LogP contribution in [0, 0.1) is 6.92 Å². The fraction of sp³-hybridized carbons (Fsp3) is 0.600. The molecule has 0 aliphatic heterocycles. The quantitative estimate of drug-likeness (QED) is 0.653. The molecule has 7 heteroatoms. The Morgan fingerprint density at radius 1 is 1.58 bits per heavy atom. The van der Waals surface area contributed by atoms with Gasteiger partial charge in [-0.15, -0.1) is 0 Å². The number of hydrogen-bond donors (Lipinski definition) is 0. The Labute approximate surface area is 74.8 Å². The van der Waals surface area contributed by atoms with Crippen molar-refractivity contribution in [3.8, 4) is 0 Å². The van der Waals surface area contributed by atoms with Gasteiger partial charge >= 0.3 is 0 Å². The summed E-state index contributed by atoms with van der Waals surface area (Å²) < 4.78 is 22.7. The lowest BCUT2D eigenvalue weighted by atomic mass is 10.7. The van der Waals surface area contributed by atoms with Gasteiger partial charge in [-0.1, -0.05) is 0 Å². The van der Waals surface area contributed by atoms with Gasteiger partial charge in [0.1, 0.15) is 17.4 Å². The summed E-state index contributed by atoms with van der Waals surface area (Å²) in [5, 5.41) is 3.88. The van der Waals surface area contributed by atoms with Crippen molar-refractivity contribution in [1.29, 1.82) is 0 Å². The standard InChI is InChI=1S/C5H8ClN3O2S/c1-4-7-5(9(2)8-4)3-12(6,10)11/h3H2,1-2H3. The molecular formula is C5H8ClN3O2S. The molecule has 0 saturated heterocycles. The molecule has 1 aromatic rings. The minimum atomic E-state index is -3.54. The number of rotatable bonds is 2. The molecule has 0 saturated carbocycles. The van der Waals surface area contributed by atoms with E-state index in [1.54, 1.807) is 14.0 Å². The van der Waals surface area contributed by atoms with Crippen LogP contribution in [0.4, 0.5) is 0 Å². The maximum Gasteiger partial charge on any atom is 0.239 e. The molecule has 0 spiro atoms. The highest BCUT2D eigenvalue weighted by atomic mass is 35.7. The number of nitrogens with zero attached hydrogens (tertiary/aromatic N) is 3. The Morgan fingerprint density at radius 3 is 2.50 bits per heavy atom. The zero-order valence-electron chi connectivity index (χ0n) is 6.65. The molecule has 0 unspecified atom stereocenters. The molecule has 0 bridgehead atoms. The molecule has 0 amide bonds. The van der Waals surface area contributed by atoms with E-state index in [1.807, 2.05) is 0 Å². The normalized spacial score (nSPS) is 11.9. The van der Waals surface area contributed by atoms with E-state index >= 15 is 0 Å². The van der Waals surface area contributed by atoms with Gasteiger partial charge in [0, 0.05) is 17.7 Å². The van der Waals surface area contributed by atoms with Crippen LogP contribution in [0.25, 0.3) is 0 Å². The first-order valence-corrected chi connectivity index (χ1v) is 5.65. The third-order valence-corrected chi connectivity index (χ3v) is 2.19. The van der Waals surface area contributed by atoms with Crippen molar-refractivity contribution in [2.45, 2.75) is 12.7 Å². The molecule has 5 nitrogen and oxygen atoms in total. The summed E-state index contributed by atoms with van der Waals surface area (Å²) in [5.41, 5.74) is 0. The molecule has 68 valence electrons. The van der Waals surface area contributed by atoms with Crippen molar-refractivity contribution in [1.82, 2.24) is 14.8 Å². The third-order valence-electron chi connectivity index (χ3n) is 1.26. The van der Waals surface area contributed by atoms with Gasteiger partial charge in [0.05, 0.1) is 0 Å². The summed E-state index contributed by atoms with van der Waals surface area (Å²) in [7, 11) is 3.12. The van der Waals surface area contributed by atoms with Crippen LogP contribution in [-0.2, 0) is 21.9 Å². The Morgan fingerprint density at radius 2 is 2.17 bits per heavy atom. The maximum atomic E-state index is 10.6. The average Bonchev–Trinajstić information content (AvgIpc) is 2.06. The van der Waals surface area contributed by atoms with Crippen molar-refractivity contribution in [2.75, 3.05) is 0 Å². The highest BCUT2D eigenvalue weighted by molar-refractivity contribution is 8.13. The van der Waals surface area contributed by atoms with Gasteiger partial charge in [-0.05, 0) is 6.92 Å². The summed E-state index contributed by atoms with van der Waals surface area (Å²) in [6.07, 6.45) is 0. The van der Waals surface area contributed by atoms with Crippen molar-refractivity contribution in [3.05, 3.63) is 11.6 Å². The van der Waals surface area contributed by atoms with Crippen LogP contribution in [0.15, 0.2) is 0 Å². The maximum absolute atomic E-state index is 10.6. The topological polar surface area (TPSA) is 64.8 Å². The van der Waals surface area contributed by atoms with Crippen LogP contribution < -0.4 is 0 Å². The molecule has 0 aliphatic rings. The van der Waals surface area contributed by atoms with Gasteiger partial charge < -0.3 is 0 Å². The highest BCUT2D eigenvalue weighted by Crippen LogP contribution is 2.06. The second-order valence-electron chi connectivity index (χ2n) is 2.38. The van der Waals surface area contributed by atoms with Gasteiger partial charge in [0.2, 0.25) is 9.05 Å². The summed E-state index contributed by atoms with van der Waals surface area (Å²) in [6.45, 7) is 1.68. The van der Waals surface area contributed by atoms with Crippen molar-refractivity contribution in [3.63, 3.8) is 0 Å². The molecular weight excluding hydrogens is 202 g/mol. The number of aromatic nitrogens is 3. The lowest BCUT2D eigenvalue weighted by Gasteiger charge is -1.94. The lowest BCUT2D eigenvalue weighted by molar-refractivity contribution is 0.604. The molecule has 0 aliphatic carbocycles. The third kappa shape index (κ3) is 2.46. The van der Waals surface area contributed by atoms with Gasteiger partial charge in [0.25, 0.3) is 0 Å². The average molecular weight is 210 g/mol. The predicted molar refractivity (Wildman–Crippen MR) is 44.2 cm³/mol. The zero-order chi connectivity index (χ0) is 9.35. The molecule has 0 atom stereocenters. The Kier molecular flexibility index (Phi) is 2.39. The largest absolute Gasteiger partial charge is 0.252 e. The van der Waals surface area contributed by atoms with Crippen molar-refractivity contribution >= 4 is 19.7 Å². The van der Waals surface area contributed by atoms with Crippen LogP contribution in [0.1, 0.15) is 11.6 Å². The lowest BCUT2D eigenvalue weighted by Crippen LogP contribution is -2.04. The second-order valence-corrected chi connectivity index (χ2v) is 5.16. The van der Waals surface area contributed by atoms with Crippen LogP contribution in [-0.4, -0.2) is 23.2 Å². The Bertz CT molecular complexity index is 383. The number of aryl methyl sites for hydroxylation is 2. The van der Waals surface area contributed by atoms with Crippen LogP contribution >= 0.6 is 10.7 Å². The molecule has 1 aromatic heterocycles. The molecule has 0 fully saturated rings.